The van der Waals surface area contributed by atoms with Gasteiger partial charge in [-0.05, 0) is 38.0 Å². The average Bonchev–Trinajstić information content (AvgIpc) is 3.14. The number of ether oxygens (including phenoxy) is 2. The Hall–Kier alpha value is -2.50. The second-order valence-electron chi connectivity index (χ2n) is 7.02. The van der Waals surface area contributed by atoms with Gasteiger partial charge in [-0.25, -0.2) is 4.98 Å². The summed E-state index contributed by atoms with van der Waals surface area (Å²) in [5, 5.41) is 3.16. The number of carbonyl (C=O) groups is 1. The first-order valence-corrected chi connectivity index (χ1v) is 9.35. The molecule has 1 saturated carbocycles. The van der Waals surface area contributed by atoms with Gasteiger partial charge in [0.25, 0.3) is 0 Å². The topological polar surface area (TPSA) is 73.6 Å². The molecule has 0 saturated heterocycles. The van der Waals surface area contributed by atoms with Crippen molar-refractivity contribution in [3.05, 3.63) is 29.7 Å². The smallest absolute Gasteiger partial charge is 0.231 e. The van der Waals surface area contributed by atoms with Crippen LogP contribution < -0.4 is 14.8 Å². The lowest BCUT2D eigenvalue weighted by atomic mass is 10.1. The fourth-order valence-corrected chi connectivity index (χ4v) is 3.60. The highest BCUT2D eigenvalue weighted by Crippen LogP contribution is 2.36. The zero-order chi connectivity index (χ0) is 17.9. The molecular formula is C20H24N2O4. The van der Waals surface area contributed by atoms with E-state index in [1.165, 1.54) is 25.7 Å². The van der Waals surface area contributed by atoms with Crippen molar-refractivity contribution in [3.8, 4) is 23.0 Å². The van der Waals surface area contributed by atoms with Crippen molar-refractivity contribution in [1.82, 2.24) is 10.3 Å². The monoisotopic (exact) mass is 356 g/mol. The van der Waals surface area contributed by atoms with E-state index >= 15 is 0 Å². The highest BCUT2D eigenvalue weighted by atomic mass is 16.7. The van der Waals surface area contributed by atoms with Gasteiger partial charge in [0, 0.05) is 11.6 Å². The predicted octanol–water partition coefficient (Wildman–Crippen LogP) is 3.76. The van der Waals surface area contributed by atoms with E-state index in [1.54, 1.807) is 0 Å². The molecule has 6 nitrogen and oxygen atoms in total. The second-order valence-corrected chi connectivity index (χ2v) is 7.02. The first-order chi connectivity index (χ1) is 12.7. The van der Waals surface area contributed by atoms with E-state index in [4.69, 9.17) is 13.9 Å². The van der Waals surface area contributed by atoms with E-state index in [1.807, 2.05) is 25.1 Å². The summed E-state index contributed by atoms with van der Waals surface area (Å²) in [7, 11) is 0. The molecule has 1 aromatic heterocycles. The van der Waals surface area contributed by atoms with Gasteiger partial charge in [-0.3, -0.25) is 4.79 Å². The normalized spacial score (nSPS) is 17.1. The van der Waals surface area contributed by atoms with Crippen LogP contribution in [-0.4, -0.2) is 23.7 Å². The Morgan fingerprint density at radius 1 is 1.15 bits per heavy atom. The van der Waals surface area contributed by atoms with Gasteiger partial charge < -0.3 is 19.2 Å². The number of carbonyl (C=O) groups excluding carboxylic acids is 1. The molecular weight excluding hydrogens is 332 g/mol. The van der Waals surface area contributed by atoms with Crippen LogP contribution >= 0.6 is 0 Å². The molecule has 2 aromatic rings. The zero-order valence-electron chi connectivity index (χ0n) is 15.0. The minimum absolute atomic E-state index is 0.0190. The van der Waals surface area contributed by atoms with Crippen LogP contribution in [0, 0.1) is 6.92 Å². The lowest BCUT2D eigenvalue weighted by Crippen LogP contribution is -2.35. The van der Waals surface area contributed by atoms with Gasteiger partial charge in [0.15, 0.2) is 11.5 Å². The van der Waals surface area contributed by atoms with Crippen LogP contribution in [0.25, 0.3) is 11.5 Å². The van der Waals surface area contributed by atoms with Gasteiger partial charge in [-0.15, -0.1) is 0 Å². The van der Waals surface area contributed by atoms with E-state index in [0.29, 0.717) is 29.1 Å². The molecule has 0 radical (unpaired) electrons. The lowest BCUT2D eigenvalue weighted by molar-refractivity contribution is -0.121. The minimum atomic E-state index is 0.0190. The highest BCUT2D eigenvalue weighted by Gasteiger charge is 2.20. The van der Waals surface area contributed by atoms with Crippen molar-refractivity contribution >= 4 is 5.91 Å². The third kappa shape index (κ3) is 3.69. The van der Waals surface area contributed by atoms with Crippen molar-refractivity contribution in [3.63, 3.8) is 0 Å². The molecule has 1 amide bonds. The molecule has 1 fully saturated rings. The lowest BCUT2D eigenvalue weighted by Gasteiger charge is -2.15. The van der Waals surface area contributed by atoms with Crippen LogP contribution in [0.3, 0.4) is 0 Å². The summed E-state index contributed by atoms with van der Waals surface area (Å²) >= 11 is 0. The summed E-state index contributed by atoms with van der Waals surface area (Å²) in [5.41, 5.74) is 1.50. The number of fused-ring (bicyclic) bond motifs is 1. The molecule has 0 bridgehead atoms. The van der Waals surface area contributed by atoms with Crippen molar-refractivity contribution in [2.24, 2.45) is 0 Å². The van der Waals surface area contributed by atoms with Crippen LogP contribution in [0.2, 0.25) is 0 Å². The van der Waals surface area contributed by atoms with E-state index < -0.39 is 0 Å². The van der Waals surface area contributed by atoms with Crippen LogP contribution in [-0.2, 0) is 11.2 Å². The van der Waals surface area contributed by atoms with Crippen molar-refractivity contribution in [2.75, 3.05) is 6.79 Å². The van der Waals surface area contributed by atoms with Gasteiger partial charge in [-0.1, -0.05) is 25.7 Å². The molecule has 0 spiro atoms. The fraction of sp³-hybridized carbons (Fsp3) is 0.500. The maximum absolute atomic E-state index is 12.4. The van der Waals surface area contributed by atoms with Gasteiger partial charge in [0.1, 0.15) is 5.76 Å². The average molecular weight is 356 g/mol. The molecule has 26 heavy (non-hydrogen) atoms. The molecule has 1 N–H and O–H groups in total. The Kier molecular flexibility index (Phi) is 4.82. The Balaban J connectivity index is 1.44. The van der Waals surface area contributed by atoms with E-state index in [0.717, 1.165) is 24.2 Å². The molecule has 2 heterocycles. The summed E-state index contributed by atoms with van der Waals surface area (Å²) in [6, 6.07) is 5.87. The molecule has 0 unspecified atom stereocenters. The van der Waals surface area contributed by atoms with Crippen molar-refractivity contribution < 1.29 is 18.7 Å². The van der Waals surface area contributed by atoms with Gasteiger partial charge in [0.05, 0.1) is 12.1 Å². The maximum Gasteiger partial charge on any atom is 0.231 e. The van der Waals surface area contributed by atoms with Gasteiger partial charge in [-0.2, -0.15) is 0 Å². The third-order valence-corrected chi connectivity index (χ3v) is 5.06. The predicted molar refractivity (Wildman–Crippen MR) is 96.1 cm³/mol. The summed E-state index contributed by atoms with van der Waals surface area (Å²) < 4.78 is 16.5. The molecule has 1 aliphatic carbocycles. The molecule has 2 aliphatic rings. The first kappa shape index (κ1) is 16.9. The van der Waals surface area contributed by atoms with Gasteiger partial charge >= 0.3 is 0 Å². The largest absolute Gasteiger partial charge is 0.454 e. The zero-order valence-corrected chi connectivity index (χ0v) is 15.0. The van der Waals surface area contributed by atoms with E-state index in [2.05, 4.69) is 10.3 Å². The van der Waals surface area contributed by atoms with Crippen molar-refractivity contribution in [1.29, 1.82) is 0 Å². The summed E-state index contributed by atoms with van der Waals surface area (Å²) in [6.45, 7) is 2.08. The summed E-state index contributed by atoms with van der Waals surface area (Å²) in [6.07, 6.45) is 7.33. The van der Waals surface area contributed by atoms with Crippen LogP contribution in [0.15, 0.2) is 22.6 Å². The highest BCUT2D eigenvalue weighted by molar-refractivity contribution is 5.78. The van der Waals surface area contributed by atoms with E-state index in [-0.39, 0.29) is 19.1 Å². The summed E-state index contributed by atoms with van der Waals surface area (Å²) in [4.78, 5) is 16.9. The Morgan fingerprint density at radius 2 is 1.92 bits per heavy atom. The molecule has 0 atom stereocenters. The van der Waals surface area contributed by atoms with Gasteiger partial charge in [0.2, 0.25) is 18.6 Å². The number of nitrogens with one attached hydrogen (secondary N) is 1. The summed E-state index contributed by atoms with van der Waals surface area (Å²) in [5.74, 6) is 2.60. The minimum Gasteiger partial charge on any atom is -0.454 e. The number of oxazole rings is 1. The SMILES string of the molecule is Cc1oc(-c2ccc3c(c2)OCO3)nc1CC(=O)NC1CCCCCC1. The van der Waals surface area contributed by atoms with Crippen molar-refractivity contribution in [2.45, 2.75) is 57.9 Å². The molecule has 1 aromatic carbocycles. The fourth-order valence-electron chi connectivity index (χ4n) is 3.60. The number of hydrogen-bond acceptors (Lipinski definition) is 5. The Bertz CT molecular complexity index is 791. The third-order valence-electron chi connectivity index (χ3n) is 5.06. The maximum atomic E-state index is 12.4. The molecule has 6 heteroatoms. The first-order valence-electron chi connectivity index (χ1n) is 9.35. The molecule has 1 aliphatic heterocycles. The quantitative estimate of drug-likeness (QED) is 0.845. The standard InChI is InChI=1S/C20H24N2O4/c1-13-16(11-19(23)21-15-6-4-2-3-5-7-15)22-20(26-13)14-8-9-17-18(10-14)25-12-24-17/h8-10,15H,2-7,11-12H2,1H3,(H,21,23). The number of aryl methyl sites for hydroxylation is 1. The Labute approximate surface area is 152 Å². The van der Waals surface area contributed by atoms with E-state index in [9.17, 15) is 4.79 Å². The number of benzene rings is 1. The number of aromatic nitrogens is 1. The number of rotatable bonds is 4. The molecule has 138 valence electrons. The number of hydrogen-bond donors (Lipinski definition) is 1. The van der Waals surface area contributed by atoms with Crippen LogP contribution in [0.5, 0.6) is 11.5 Å². The Morgan fingerprint density at radius 3 is 2.73 bits per heavy atom. The second kappa shape index (κ2) is 7.40. The molecule has 4 rings (SSSR count). The number of amides is 1. The van der Waals surface area contributed by atoms with Crippen LogP contribution in [0.4, 0.5) is 0 Å². The van der Waals surface area contributed by atoms with Crippen LogP contribution in [0.1, 0.15) is 50.0 Å². The number of nitrogens with zero attached hydrogens (tertiary/aromatic N) is 1.